The predicted molar refractivity (Wildman–Crippen MR) is 117 cm³/mol. The molecule has 0 saturated carbocycles. The molecule has 2 aromatic rings. The Bertz CT molecular complexity index is 1020. The van der Waals surface area contributed by atoms with Crippen LogP contribution in [-0.2, 0) is 14.3 Å². The second-order valence-electron chi connectivity index (χ2n) is 6.71. The van der Waals surface area contributed by atoms with Crippen molar-refractivity contribution in [2.75, 3.05) is 46.5 Å². The number of anilines is 1. The Kier molecular flexibility index (Phi) is 7.11. The Morgan fingerprint density at radius 3 is 2.00 bits per heavy atom. The number of hydrogen-bond donors (Lipinski definition) is 0. The van der Waals surface area contributed by atoms with Crippen LogP contribution in [0.4, 0.5) is 10.5 Å². The summed E-state index contributed by atoms with van der Waals surface area (Å²) in [5, 5.41) is 0. The van der Waals surface area contributed by atoms with Crippen LogP contribution in [0.2, 0.25) is 0 Å². The van der Waals surface area contributed by atoms with Gasteiger partial charge in [0, 0.05) is 19.2 Å². The van der Waals surface area contributed by atoms with Crippen LogP contribution >= 0.6 is 0 Å². The lowest BCUT2D eigenvalue weighted by atomic mass is 10.0. The molecular formula is C23H24N2O7. The molecule has 1 aliphatic heterocycles. The van der Waals surface area contributed by atoms with Crippen LogP contribution in [0, 0.1) is 0 Å². The van der Waals surface area contributed by atoms with E-state index in [1.165, 1.54) is 34.5 Å². The van der Waals surface area contributed by atoms with Crippen molar-refractivity contribution in [3.63, 3.8) is 0 Å². The molecule has 0 unspecified atom stereocenters. The van der Waals surface area contributed by atoms with Crippen LogP contribution in [0.25, 0.3) is 6.08 Å². The number of nitrogens with zero attached hydrogens (tertiary/aromatic N) is 2. The van der Waals surface area contributed by atoms with Gasteiger partial charge in [0.2, 0.25) is 0 Å². The molecule has 0 spiro atoms. The van der Waals surface area contributed by atoms with E-state index in [1.807, 2.05) is 0 Å². The molecule has 0 aliphatic carbocycles. The second-order valence-corrected chi connectivity index (χ2v) is 6.71. The molecular weight excluding hydrogens is 416 g/mol. The monoisotopic (exact) mass is 440 g/mol. The van der Waals surface area contributed by atoms with E-state index in [2.05, 4.69) is 0 Å². The smallest absolute Gasteiger partial charge is 0.338 e. The third-order valence-corrected chi connectivity index (χ3v) is 4.91. The van der Waals surface area contributed by atoms with Gasteiger partial charge >= 0.3 is 6.03 Å². The van der Waals surface area contributed by atoms with Gasteiger partial charge in [0.25, 0.3) is 11.8 Å². The van der Waals surface area contributed by atoms with Crippen LogP contribution in [0.1, 0.15) is 5.56 Å². The quantitative estimate of drug-likeness (QED) is 0.460. The van der Waals surface area contributed by atoms with Crippen LogP contribution in [0.15, 0.2) is 48.0 Å². The van der Waals surface area contributed by atoms with Gasteiger partial charge in [-0.25, -0.2) is 9.69 Å². The zero-order chi connectivity index (χ0) is 23.3. The number of amides is 4. The van der Waals surface area contributed by atoms with Crippen molar-refractivity contribution >= 4 is 29.6 Å². The molecule has 9 heteroatoms. The molecule has 1 aliphatic rings. The largest absolute Gasteiger partial charge is 0.496 e. The van der Waals surface area contributed by atoms with Crippen LogP contribution in [-0.4, -0.2) is 64.3 Å². The first-order chi connectivity index (χ1) is 15.5. The summed E-state index contributed by atoms with van der Waals surface area (Å²) in [5.74, 6) is -0.337. The van der Waals surface area contributed by atoms with E-state index in [0.29, 0.717) is 28.5 Å². The third-order valence-electron chi connectivity index (χ3n) is 4.91. The first kappa shape index (κ1) is 22.8. The molecule has 2 aromatic carbocycles. The number of carbonyl (C=O) groups excluding carboxylic acids is 3. The number of urea groups is 1. The lowest BCUT2D eigenvalue weighted by molar-refractivity contribution is -0.129. The second kappa shape index (κ2) is 9.97. The number of carbonyl (C=O) groups is 3. The number of barbiturate groups is 1. The van der Waals surface area contributed by atoms with Gasteiger partial charge in [-0.3, -0.25) is 14.5 Å². The molecule has 0 bridgehead atoms. The van der Waals surface area contributed by atoms with Gasteiger partial charge < -0.3 is 18.9 Å². The summed E-state index contributed by atoms with van der Waals surface area (Å²) in [5.41, 5.74) is 0.491. The lowest BCUT2D eigenvalue weighted by Crippen LogP contribution is -2.57. The molecule has 32 heavy (non-hydrogen) atoms. The van der Waals surface area contributed by atoms with Crippen molar-refractivity contribution < 1.29 is 33.3 Å². The topological polar surface area (TPSA) is 94.6 Å². The summed E-state index contributed by atoms with van der Waals surface area (Å²) in [6.45, 7) is 0.107. The number of rotatable bonds is 8. The first-order valence-electron chi connectivity index (χ1n) is 9.72. The van der Waals surface area contributed by atoms with Crippen LogP contribution in [0.3, 0.4) is 0 Å². The van der Waals surface area contributed by atoms with Gasteiger partial charge in [0.15, 0.2) is 0 Å². The van der Waals surface area contributed by atoms with Crippen molar-refractivity contribution in [3.8, 4) is 17.2 Å². The molecule has 4 amide bonds. The van der Waals surface area contributed by atoms with E-state index in [1.54, 1.807) is 42.5 Å². The van der Waals surface area contributed by atoms with Gasteiger partial charge in [0.05, 0.1) is 45.7 Å². The highest BCUT2D eigenvalue weighted by Crippen LogP contribution is 2.37. The van der Waals surface area contributed by atoms with Crippen molar-refractivity contribution in [2.24, 2.45) is 0 Å². The average molecular weight is 440 g/mol. The van der Waals surface area contributed by atoms with Crippen molar-refractivity contribution in [1.82, 2.24) is 4.90 Å². The summed E-state index contributed by atoms with van der Waals surface area (Å²) in [6.07, 6.45) is 1.37. The molecule has 1 fully saturated rings. The molecule has 3 rings (SSSR count). The van der Waals surface area contributed by atoms with Crippen LogP contribution < -0.4 is 19.1 Å². The summed E-state index contributed by atoms with van der Waals surface area (Å²) >= 11 is 0. The Morgan fingerprint density at radius 1 is 0.844 bits per heavy atom. The Hall–Kier alpha value is -3.85. The lowest BCUT2D eigenvalue weighted by Gasteiger charge is -2.33. The minimum Gasteiger partial charge on any atom is -0.496 e. The fourth-order valence-electron chi connectivity index (χ4n) is 3.28. The Balaban J connectivity index is 2.17. The van der Waals surface area contributed by atoms with E-state index in [0.717, 1.165) is 9.80 Å². The maximum absolute atomic E-state index is 13.3. The number of methoxy groups -OCH3 is 4. The summed E-state index contributed by atoms with van der Waals surface area (Å²) < 4.78 is 21.1. The molecule has 0 N–H and O–H groups in total. The maximum Gasteiger partial charge on any atom is 0.338 e. The molecule has 0 aromatic heterocycles. The fraction of sp³-hybridized carbons (Fsp3) is 0.261. The standard InChI is InChI=1S/C23H24N2O7/c1-29-11-10-24-21(26)18(22(27)25(23(24)28)15-8-6-5-7-9-15)14-17-19(31-3)12-16(30-2)13-20(17)32-4/h5-9,12-14H,10-11H2,1-4H3/b18-14-. The number of hydrogen-bond acceptors (Lipinski definition) is 7. The maximum atomic E-state index is 13.3. The summed E-state index contributed by atoms with van der Waals surface area (Å²) in [6, 6.07) is 10.9. The van der Waals surface area contributed by atoms with E-state index in [4.69, 9.17) is 18.9 Å². The number of benzene rings is 2. The van der Waals surface area contributed by atoms with Crippen molar-refractivity contribution in [3.05, 3.63) is 53.6 Å². The normalized spacial score (nSPS) is 15.4. The van der Waals surface area contributed by atoms with Gasteiger partial charge in [-0.1, -0.05) is 18.2 Å². The molecule has 168 valence electrons. The minimum absolute atomic E-state index is 0.0149. The van der Waals surface area contributed by atoms with Gasteiger partial charge in [-0.05, 0) is 18.2 Å². The first-order valence-corrected chi connectivity index (χ1v) is 9.72. The van der Waals surface area contributed by atoms with Crippen molar-refractivity contribution in [2.45, 2.75) is 0 Å². The van der Waals surface area contributed by atoms with E-state index in [-0.39, 0.29) is 18.7 Å². The zero-order valence-corrected chi connectivity index (χ0v) is 18.3. The van der Waals surface area contributed by atoms with Crippen LogP contribution in [0.5, 0.6) is 17.2 Å². The van der Waals surface area contributed by atoms with Gasteiger partial charge in [-0.2, -0.15) is 0 Å². The number of ether oxygens (including phenoxy) is 4. The van der Waals surface area contributed by atoms with Gasteiger partial charge in [-0.15, -0.1) is 0 Å². The minimum atomic E-state index is -0.750. The number of para-hydroxylation sites is 1. The zero-order valence-electron chi connectivity index (χ0n) is 18.3. The molecule has 0 radical (unpaired) electrons. The third kappa shape index (κ3) is 4.28. The average Bonchev–Trinajstić information content (AvgIpc) is 2.82. The van der Waals surface area contributed by atoms with E-state index >= 15 is 0 Å². The Labute approximate surface area is 185 Å². The molecule has 1 heterocycles. The summed E-state index contributed by atoms with van der Waals surface area (Å²) in [4.78, 5) is 41.5. The highest BCUT2D eigenvalue weighted by Gasteiger charge is 2.42. The van der Waals surface area contributed by atoms with Crippen molar-refractivity contribution in [1.29, 1.82) is 0 Å². The molecule has 1 saturated heterocycles. The molecule has 9 nitrogen and oxygen atoms in total. The highest BCUT2D eigenvalue weighted by molar-refractivity contribution is 6.39. The van der Waals surface area contributed by atoms with Gasteiger partial charge in [0.1, 0.15) is 22.8 Å². The van der Waals surface area contributed by atoms with E-state index < -0.39 is 17.8 Å². The SMILES string of the molecule is COCCN1C(=O)/C(=C/c2c(OC)cc(OC)cc2OC)C(=O)N(c2ccccc2)C1=O. The molecule has 0 atom stereocenters. The fourth-order valence-corrected chi connectivity index (χ4v) is 3.28. The highest BCUT2D eigenvalue weighted by atomic mass is 16.5. The number of imide groups is 2. The summed E-state index contributed by atoms with van der Waals surface area (Å²) in [7, 11) is 5.86. The predicted octanol–water partition coefficient (Wildman–Crippen LogP) is 2.74. The van der Waals surface area contributed by atoms with E-state index in [9.17, 15) is 14.4 Å². The Morgan fingerprint density at radius 2 is 1.47 bits per heavy atom.